The Morgan fingerprint density at radius 1 is 0.972 bits per heavy atom. The highest BCUT2D eigenvalue weighted by Crippen LogP contribution is 2.25. The molecule has 4 aromatic rings. The third-order valence-electron chi connectivity index (χ3n) is 5.75. The number of H-pyrrole nitrogens is 1. The van der Waals surface area contributed by atoms with Crippen LogP contribution < -0.4 is 10.0 Å². The van der Waals surface area contributed by atoms with Gasteiger partial charge in [0, 0.05) is 25.7 Å². The van der Waals surface area contributed by atoms with Gasteiger partial charge in [-0.1, -0.05) is 66.7 Å². The molecule has 3 aromatic carbocycles. The Kier molecular flexibility index (Phi) is 8.27. The second-order valence-electron chi connectivity index (χ2n) is 8.39. The van der Waals surface area contributed by atoms with Crippen LogP contribution in [0.15, 0.2) is 96.3 Å². The molecule has 0 saturated carbocycles. The van der Waals surface area contributed by atoms with E-state index in [1.165, 1.54) is 6.07 Å². The van der Waals surface area contributed by atoms with Crippen molar-refractivity contribution in [3.63, 3.8) is 0 Å². The Bertz CT molecular complexity index is 1370. The number of rotatable bonds is 12. The maximum Gasteiger partial charge on any atom is 0.305 e. The van der Waals surface area contributed by atoms with Gasteiger partial charge in [0.2, 0.25) is 10.0 Å². The number of hydrogen-bond acceptors (Lipinski definition) is 5. The van der Waals surface area contributed by atoms with Crippen LogP contribution in [0.2, 0.25) is 0 Å². The molecule has 8 nitrogen and oxygen atoms in total. The Labute approximate surface area is 210 Å². The fourth-order valence-electron chi connectivity index (χ4n) is 3.88. The second-order valence-corrected chi connectivity index (χ2v) is 10.1. The third-order valence-corrected chi connectivity index (χ3v) is 7.22. The molecule has 0 aliphatic heterocycles. The molecule has 0 saturated heterocycles. The van der Waals surface area contributed by atoms with E-state index in [9.17, 15) is 18.3 Å². The van der Waals surface area contributed by atoms with Crippen molar-refractivity contribution in [3.8, 4) is 11.1 Å². The molecule has 36 heavy (non-hydrogen) atoms. The molecule has 0 radical (unpaired) electrons. The van der Waals surface area contributed by atoms with Crippen LogP contribution >= 0.6 is 0 Å². The van der Waals surface area contributed by atoms with Crippen molar-refractivity contribution in [1.82, 2.24) is 20.0 Å². The van der Waals surface area contributed by atoms with Gasteiger partial charge in [0.1, 0.15) is 0 Å². The van der Waals surface area contributed by atoms with Crippen LogP contribution in [-0.2, 0) is 27.8 Å². The zero-order chi connectivity index (χ0) is 25.4. The molecule has 9 heteroatoms. The lowest BCUT2D eigenvalue weighted by atomic mass is 10.0. The monoisotopic (exact) mass is 504 g/mol. The number of carboxylic acid groups (broad SMARTS) is 1. The number of nitrogens with one attached hydrogen (secondary N) is 3. The molecule has 1 atom stereocenters. The molecule has 0 bridgehead atoms. The SMILES string of the molecule is O=C(O)C[C@@H](NS(=O)(=O)c1cccc(-c2ccc(CNCCc3c[nH]cn3)cc2)c1)c1ccccc1. The molecule has 4 rings (SSSR count). The van der Waals surface area contributed by atoms with E-state index in [0.29, 0.717) is 12.1 Å². The van der Waals surface area contributed by atoms with Crippen molar-refractivity contribution >= 4 is 16.0 Å². The van der Waals surface area contributed by atoms with Gasteiger partial charge in [-0.15, -0.1) is 0 Å². The highest BCUT2D eigenvalue weighted by atomic mass is 32.2. The number of aromatic nitrogens is 2. The Hall–Kier alpha value is -3.79. The van der Waals surface area contributed by atoms with E-state index >= 15 is 0 Å². The normalized spacial score (nSPS) is 12.3. The van der Waals surface area contributed by atoms with Crippen LogP contribution in [0.5, 0.6) is 0 Å². The molecule has 1 aromatic heterocycles. The van der Waals surface area contributed by atoms with Crippen molar-refractivity contribution in [1.29, 1.82) is 0 Å². The molecule has 4 N–H and O–H groups in total. The molecule has 0 fully saturated rings. The van der Waals surface area contributed by atoms with Crippen molar-refractivity contribution in [2.75, 3.05) is 6.54 Å². The minimum atomic E-state index is -3.96. The van der Waals surface area contributed by atoms with E-state index in [1.54, 1.807) is 48.8 Å². The second kappa shape index (κ2) is 11.8. The average Bonchev–Trinajstić information content (AvgIpc) is 3.41. The minimum absolute atomic E-state index is 0.0791. The number of imidazole rings is 1. The van der Waals surface area contributed by atoms with Gasteiger partial charge >= 0.3 is 5.97 Å². The number of aliphatic carboxylic acids is 1. The van der Waals surface area contributed by atoms with E-state index < -0.39 is 22.0 Å². The molecule has 0 amide bonds. The predicted molar refractivity (Wildman–Crippen MR) is 138 cm³/mol. The van der Waals surface area contributed by atoms with E-state index in [0.717, 1.165) is 35.3 Å². The van der Waals surface area contributed by atoms with E-state index in [1.807, 2.05) is 36.5 Å². The smallest absolute Gasteiger partial charge is 0.305 e. The van der Waals surface area contributed by atoms with E-state index in [4.69, 9.17) is 0 Å². The quantitative estimate of drug-likeness (QED) is 0.217. The number of carbonyl (C=O) groups is 1. The van der Waals surface area contributed by atoms with Gasteiger partial charge in [-0.25, -0.2) is 18.1 Å². The zero-order valence-electron chi connectivity index (χ0n) is 19.6. The number of benzene rings is 3. The summed E-state index contributed by atoms with van der Waals surface area (Å²) < 4.78 is 28.9. The van der Waals surface area contributed by atoms with Crippen LogP contribution in [0.3, 0.4) is 0 Å². The third kappa shape index (κ3) is 6.88. The maximum atomic E-state index is 13.1. The lowest BCUT2D eigenvalue weighted by Crippen LogP contribution is -2.30. The van der Waals surface area contributed by atoms with Gasteiger partial charge in [-0.05, 0) is 34.4 Å². The van der Waals surface area contributed by atoms with Crippen LogP contribution in [0.4, 0.5) is 0 Å². The zero-order valence-corrected chi connectivity index (χ0v) is 20.4. The Morgan fingerprint density at radius 2 is 1.75 bits per heavy atom. The molecule has 0 unspecified atom stereocenters. The topological polar surface area (TPSA) is 124 Å². The largest absolute Gasteiger partial charge is 0.481 e. The minimum Gasteiger partial charge on any atom is -0.481 e. The van der Waals surface area contributed by atoms with Crippen LogP contribution in [-0.4, -0.2) is 36.0 Å². The van der Waals surface area contributed by atoms with E-state index in [-0.39, 0.29) is 11.3 Å². The van der Waals surface area contributed by atoms with Crippen molar-refractivity contribution < 1.29 is 18.3 Å². The standard InChI is InChI=1S/C27H28N4O4S/c32-27(33)16-26(22-5-2-1-3-6-22)31-36(34,35)25-8-4-7-23(15-25)21-11-9-20(10-12-21)17-28-14-13-24-18-29-19-30-24/h1-12,15,18-19,26,28,31H,13-14,16-17H2,(H,29,30)(H,32,33)/t26-/m1/s1. The van der Waals surface area contributed by atoms with Gasteiger partial charge in [0.05, 0.1) is 29.4 Å². The van der Waals surface area contributed by atoms with Gasteiger partial charge < -0.3 is 15.4 Å². The lowest BCUT2D eigenvalue weighted by Gasteiger charge is -2.18. The summed E-state index contributed by atoms with van der Waals surface area (Å²) >= 11 is 0. The number of sulfonamides is 1. The van der Waals surface area contributed by atoms with Crippen molar-refractivity contribution in [2.24, 2.45) is 0 Å². The summed E-state index contributed by atoms with van der Waals surface area (Å²) in [6.45, 7) is 1.53. The number of hydrogen-bond donors (Lipinski definition) is 4. The van der Waals surface area contributed by atoms with Crippen LogP contribution in [0, 0.1) is 0 Å². The van der Waals surface area contributed by atoms with Gasteiger partial charge in [0.15, 0.2) is 0 Å². The first-order chi connectivity index (χ1) is 17.4. The summed E-state index contributed by atoms with van der Waals surface area (Å²) in [6.07, 6.45) is 4.03. The van der Waals surface area contributed by atoms with Crippen LogP contribution in [0.25, 0.3) is 11.1 Å². The molecule has 0 aliphatic rings. The summed E-state index contributed by atoms with van der Waals surface area (Å²) in [7, 11) is -3.96. The fraction of sp³-hybridized carbons (Fsp3) is 0.185. The predicted octanol–water partition coefficient (Wildman–Crippen LogP) is 3.90. The number of carboxylic acids is 1. The molecule has 0 aliphatic carbocycles. The van der Waals surface area contributed by atoms with Crippen LogP contribution in [0.1, 0.15) is 29.3 Å². The summed E-state index contributed by atoms with van der Waals surface area (Å²) in [5.74, 6) is -1.09. The molecule has 0 spiro atoms. The average molecular weight is 505 g/mol. The molecule has 186 valence electrons. The summed E-state index contributed by atoms with van der Waals surface area (Å²) in [5, 5.41) is 12.7. The number of nitrogens with zero attached hydrogens (tertiary/aromatic N) is 1. The van der Waals surface area contributed by atoms with Crippen molar-refractivity contribution in [3.05, 3.63) is 108 Å². The highest BCUT2D eigenvalue weighted by Gasteiger charge is 2.24. The molecular weight excluding hydrogens is 476 g/mol. The Morgan fingerprint density at radius 3 is 2.44 bits per heavy atom. The van der Waals surface area contributed by atoms with Gasteiger partial charge in [0.25, 0.3) is 0 Å². The van der Waals surface area contributed by atoms with Gasteiger partial charge in [-0.3, -0.25) is 4.79 Å². The first-order valence-electron chi connectivity index (χ1n) is 11.6. The highest BCUT2D eigenvalue weighted by molar-refractivity contribution is 7.89. The summed E-state index contributed by atoms with van der Waals surface area (Å²) in [5.41, 5.74) is 4.36. The first kappa shape index (κ1) is 25.3. The number of aromatic amines is 1. The molecular formula is C27H28N4O4S. The Balaban J connectivity index is 1.43. The van der Waals surface area contributed by atoms with E-state index in [2.05, 4.69) is 20.0 Å². The first-order valence-corrected chi connectivity index (χ1v) is 13.1. The fourth-order valence-corrected chi connectivity index (χ4v) is 5.15. The maximum absolute atomic E-state index is 13.1. The summed E-state index contributed by atoms with van der Waals surface area (Å²) in [4.78, 5) is 18.6. The van der Waals surface area contributed by atoms with Gasteiger partial charge in [-0.2, -0.15) is 0 Å². The summed E-state index contributed by atoms with van der Waals surface area (Å²) in [6, 6.07) is 22.4. The lowest BCUT2D eigenvalue weighted by molar-refractivity contribution is -0.137. The van der Waals surface area contributed by atoms with Crippen molar-refractivity contribution in [2.45, 2.75) is 30.3 Å². The molecule has 1 heterocycles.